The first-order valence-corrected chi connectivity index (χ1v) is 8.19. The summed E-state index contributed by atoms with van der Waals surface area (Å²) in [5.41, 5.74) is 1.47. The molecular formula is C19H23F2N3O. The fraction of sp³-hybridized carbons (Fsp3) is 0.316. The van der Waals surface area contributed by atoms with Crippen LogP contribution in [-0.4, -0.2) is 32.7 Å². The first kappa shape index (κ1) is 18.9. The second-order valence-electron chi connectivity index (χ2n) is 5.45. The van der Waals surface area contributed by atoms with Crippen LogP contribution in [0.25, 0.3) is 0 Å². The lowest BCUT2D eigenvalue weighted by atomic mass is 10.1. The zero-order valence-corrected chi connectivity index (χ0v) is 14.3. The van der Waals surface area contributed by atoms with Gasteiger partial charge in [0, 0.05) is 20.1 Å². The van der Waals surface area contributed by atoms with E-state index in [0.717, 1.165) is 17.7 Å². The van der Waals surface area contributed by atoms with Gasteiger partial charge in [0.15, 0.2) is 5.96 Å². The minimum Gasteiger partial charge on any atom is -0.375 e. The Hall–Kier alpha value is -2.47. The summed E-state index contributed by atoms with van der Waals surface area (Å²) < 4.78 is 32.3. The third-order valence-corrected chi connectivity index (χ3v) is 3.57. The maximum absolute atomic E-state index is 13.5. The van der Waals surface area contributed by atoms with Gasteiger partial charge in [0.05, 0.1) is 13.2 Å². The van der Waals surface area contributed by atoms with Crippen molar-refractivity contribution in [1.29, 1.82) is 0 Å². The van der Waals surface area contributed by atoms with E-state index in [0.29, 0.717) is 44.2 Å². The quantitative estimate of drug-likeness (QED) is 0.438. The van der Waals surface area contributed by atoms with Crippen molar-refractivity contribution in [3.63, 3.8) is 0 Å². The van der Waals surface area contributed by atoms with Gasteiger partial charge in [-0.2, -0.15) is 0 Å². The molecule has 2 aromatic rings. The molecule has 0 unspecified atom stereocenters. The van der Waals surface area contributed by atoms with E-state index in [4.69, 9.17) is 4.74 Å². The largest absolute Gasteiger partial charge is 0.375 e. The minimum absolute atomic E-state index is 0.342. The molecule has 0 atom stereocenters. The van der Waals surface area contributed by atoms with Crippen LogP contribution in [0.4, 0.5) is 8.78 Å². The Morgan fingerprint density at radius 1 is 1.04 bits per heavy atom. The predicted molar refractivity (Wildman–Crippen MR) is 95.5 cm³/mol. The lowest BCUT2D eigenvalue weighted by Gasteiger charge is -2.12. The number of hydrogen-bond donors (Lipinski definition) is 2. The fourth-order valence-electron chi connectivity index (χ4n) is 2.28. The van der Waals surface area contributed by atoms with Crippen molar-refractivity contribution >= 4 is 5.96 Å². The highest BCUT2D eigenvalue weighted by Gasteiger charge is 2.04. The second kappa shape index (κ2) is 10.4. The van der Waals surface area contributed by atoms with E-state index < -0.39 is 11.6 Å². The predicted octanol–water partition coefficient (Wildman–Crippen LogP) is 2.89. The van der Waals surface area contributed by atoms with Crippen LogP contribution in [-0.2, 0) is 17.8 Å². The Kier molecular flexibility index (Phi) is 7.85. The van der Waals surface area contributed by atoms with E-state index in [1.54, 1.807) is 7.05 Å². The molecule has 0 bridgehead atoms. The molecule has 0 amide bonds. The van der Waals surface area contributed by atoms with E-state index in [-0.39, 0.29) is 0 Å². The molecule has 0 spiro atoms. The molecule has 4 nitrogen and oxygen atoms in total. The summed E-state index contributed by atoms with van der Waals surface area (Å²) in [5, 5.41) is 6.18. The maximum atomic E-state index is 13.5. The molecule has 2 N–H and O–H groups in total. The molecule has 2 aromatic carbocycles. The SMILES string of the molecule is CN=C(NCCOCc1ccccc1)NCCc1cc(F)ccc1F. The summed E-state index contributed by atoms with van der Waals surface area (Å²) in [5.74, 6) is -0.241. The van der Waals surface area contributed by atoms with E-state index in [1.807, 2.05) is 30.3 Å². The van der Waals surface area contributed by atoms with Gasteiger partial charge in [0.25, 0.3) is 0 Å². The number of guanidine groups is 1. The highest BCUT2D eigenvalue weighted by molar-refractivity contribution is 5.79. The van der Waals surface area contributed by atoms with Gasteiger partial charge >= 0.3 is 0 Å². The van der Waals surface area contributed by atoms with Crippen molar-refractivity contribution in [3.05, 3.63) is 71.3 Å². The van der Waals surface area contributed by atoms with Crippen molar-refractivity contribution in [1.82, 2.24) is 10.6 Å². The lowest BCUT2D eigenvalue weighted by Crippen LogP contribution is -2.39. The van der Waals surface area contributed by atoms with Gasteiger partial charge in [0.2, 0.25) is 0 Å². The van der Waals surface area contributed by atoms with Crippen LogP contribution in [0.1, 0.15) is 11.1 Å². The summed E-state index contributed by atoms with van der Waals surface area (Å²) in [6.07, 6.45) is 0.370. The number of benzene rings is 2. The van der Waals surface area contributed by atoms with Crippen LogP contribution in [0.3, 0.4) is 0 Å². The Morgan fingerprint density at radius 3 is 2.56 bits per heavy atom. The minimum atomic E-state index is -0.436. The second-order valence-corrected chi connectivity index (χ2v) is 5.45. The number of hydrogen-bond acceptors (Lipinski definition) is 2. The molecule has 0 fully saturated rings. The van der Waals surface area contributed by atoms with E-state index in [2.05, 4.69) is 15.6 Å². The summed E-state index contributed by atoms with van der Waals surface area (Å²) in [6, 6.07) is 13.4. The molecule has 0 saturated carbocycles. The van der Waals surface area contributed by atoms with Crippen LogP contribution in [0.5, 0.6) is 0 Å². The third-order valence-electron chi connectivity index (χ3n) is 3.57. The topological polar surface area (TPSA) is 45.7 Å². The fourth-order valence-corrected chi connectivity index (χ4v) is 2.28. The summed E-state index contributed by atoms with van der Waals surface area (Å²) in [6.45, 7) is 2.15. The van der Waals surface area contributed by atoms with Gasteiger partial charge in [-0.1, -0.05) is 30.3 Å². The van der Waals surface area contributed by atoms with E-state index >= 15 is 0 Å². The molecule has 2 rings (SSSR count). The van der Waals surface area contributed by atoms with Gasteiger partial charge in [-0.15, -0.1) is 0 Å². The molecule has 0 saturated heterocycles. The van der Waals surface area contributed by atoms with Gasteiger partial charge < -0.3 is 15.4 Å². The number of nitrogens with zero attached hydrogens (tertiary/aromatic N) is 1. The van der Waals surface area contributed by atoms with Crippen molar-refractivity contribution in [3.8, 4) is 0 Å². The van der Waals surface area contributed by atoms with Crippen molar-refractivity contribution in [2.45, 2.75) is 13.0 Å². The van der Waals surface area contributed by atoms with Crippen LogP contribution < -0.4 is 10.6 Å². The Balaban J connectivity index is 1.63. The number of rotatable bonds is 8. The Bertz CT molecular complexity index is 678. The molecule has 0 aliphatic heterocycles. The molecule has 0 aliphatic rings. The lowest BCUT2D eigenvalue weighted by molar-refractivity contribution is 0.125. The monoisotopic (exact) mass is 347 g/mol. The third kappa shape index (κ3) is 6.89. The molecule has 0 aromatic heterocycles. The van der Waals surface area contributed by atoms with Crippen LogP contribution in [0.2, 0.25) is 0 Å². The van der Waals surface area contributed by atoms with Crippen molar-refractivity contribution in [2.24, 2.45) is 4.99 Å². The summed E-state index contributed by atoms with van der Waals surface area (Å²) in [4.78, 5) is 4.09. The molecule has 0 aliphatic carbocycles. The average Bonchev–Trinajstić information content (AvgIpc) is 2.63. The Labute approximate surface area is 146 Å². The van der Waals surface area contributed by atoms with E-state index in [1.165, 1.54) is 6.07 Å². The summed E-state index contributed by atoms with van der Waals surface area (Å²) in [7, 11) is 1.66. The van der Waals surface area contributed by atoms with Gasteiger partial charge in [0.1, 0.15) is 11.6 Å². The number of aliphatic imine (C=N–C) groups is 1. The van der Waals surface area contributed by atoms with E-state index in [9.17, 15) is 8.78 Å². The van der Waals surface area contributed by atoms with Gasteiger partial charge in [-0.25, -0.2) is 8.78 Å². The molecular weight excluding hydrogens is 324 g/mol. The highest BCUT2D eigenvalue weighted by atomic mass is 19.1. The number of ether oxygens (including phenoxy) is 1. The van der Waals surface area contributed by atoms with Crippen molar-refractivity contribution in [2.75, 3.05) is 26.7 Å². The van der Waals surface area contributed by atoms with Gasteiger partial charge in [-0.3, -0.25) is 4.99 Å². The molecule has 0 radical (unpaired) electrons. The first-order valence-electron chi connectivity index (χ1n) is 8.19. The Morgan fingerprint density at radius 2 is 1.80 bits per heavy atom. The number of nitrogens with one attached hydrogen (secondary N) is 2. The normalized spacial score (nSPS) is 11.4. The molecule has 25 heavy (non-hydrogen) atoms. The molecule has 6 heteroatoms. The van der Waals surface area contributed by atoms with Crippen LogP contribution >= 0.6 is 0 Å². The first-order chi connectivity index (χ1) is 12.2. The zero-order chi connectivity index (χ0) is 17.9. The summed E-state index contributed by atoms with van der Waals surface area (Å²) >= 11 is 0. The van der Waals surface area contributed by atoms with Gasteiger partial charge in [-0.05, 0) is 35.7 Å². The van der Waals surface area contributed by atoms with Crippen LogP contribution in [0, 0.1) is 11.6 Å². The standard InChI is InChI=1S/C19H23F2N3O/c1-22-19(23-10-9-16-13-17(20)7-8-18(16)21)24-11-12-25-14-15-5-3-2-4-6-15/h2-8,13H,9-12,14H2,1H3,(H2,22,23,24). The highest BCUT2D eigenvalue weighted by Crippen LogP contribution is 2.09. The van der Waals surface area contributed by atoms with Crippen LogP contribution in [0.15, 0.2) is 53.5 Å². The average molecular weight is 347 g/mol. The number of halogens is 2. The smallest absolute Gasteiger partial charge is 0.191 e. The van der Waals surface area contributed by atoms with Crippen molar-refractivity contribution < 1.29 is 13.5 Å². The maximum Gasteiger partial charge on any atom is 0.191 e. The molecule has 134 valence electrons. The molecule has 0 heterocycles. The zero-order valence-electron chi connectivity index (χ0n) is 14.3.